The zero-order valence-electron chi connectivity index (χ0n) is 10.7. The quantitative estimate of drug-likeness (QED) is 0.676. The normalized spacial score (nSPS) is 30.6. The van der Waals surface area contributed by atoms with Gasteiger partial charge in [-0.25, -0.2) is 0 Å². The Balaban J connectivity index is 2.32. The van der Waals surface area contributed by atoms with Crippen molar-refractivity contribution in [2.45, 2.75) is 57.2 Å². The molecule has 0 heterocycles. The smallest absolute Gasteiger partial charge is 0.0438 e. The highest BCUT2D eigenvalue weighted by molar-refractivity contribution is 7.99. The van der Waals surface area contributed by atoms with E-state index in [1.54, 1.807) is 0 Å². The molecular formula is C13H27NOS. The fourth-order valence-corrected chi connectivity index (χ4v) is 3.90. The standard InChI is InChI=1S/C13H27NOS/c1-3-7-14-12-6-5-11(2)10-13(12)16-9-4-8-15/h11-15H,3-10H2,1-2H3. The minimum absolute atomic E-state index is 0.336. The van der Waals surface area contributed by atoms with Crippen LogP contribution in [0.15, 0.2) is 0 Å². The fourth-order valence-electron chi connectivity index (χ4n) is 2.38. The summed E-state index contributed by atoms with van der Waals surface area (Å²) in [5.41, 5.74) is 0. The topological polar surface area (TPSA) is 32.3 Å². The van der Waals surface area contributed by atoms with Gasteiger partial charge in [-0.2, -0.15) is 11.8 Å². The van der Waals surface area contributed by atoms with Crippen LogP contribution in [0.25, 0.3) is 0 Å². The summed E-state index contributed by atoms with van der Waals surface area (Å²) in [5.74, 6) is 1.99. The first-order valence-electron chi connectivity index (χ1n) is 6.73. The summed E-state index contributed by atoms with van der Waals surface area (Å²) in [5, 5.41) is 13.3. The fraction of sp³-hybridized carbons (Fsp3) is 1.00. The van der Waals surface area contributed by atoms with Crippen molar-refractivity contribution in [2.24, 2.45) is 5.92 Å². The molecule has 0 spiro atoms. The monoisotopic (exact) mass is 245 g/mol. The summed E-state index contributed by atoms with van der Waals surface area (Å²) in [7, 11) is 0. The van der Waals surface area contributed by atoms with Gasteiger partial charge in [-0.3, -0.25) is 0 Å². The molecule has 0 saturated heterocycles. The van der Waals surface area contributed by atoms with E-state index in [0.717, 1.165) is 29.9 Å². The largest absolute Gasteiger partial charge is 0.396 e. The molecule has 1 aliphatic rings. The van der Waals surface area contributed by atoms with Crippen LogP contribution in [0.3, 0.4) is 0 Å². The molecule has 16 heavy (non-hydrogen) atoms. The Bertz CT molecular complexity index is 175. The van der Waals surface area contributed by atoms with Crippen LogP contribution >= 0.6 is 11.8 Å². The van der Waals surface area contributed by atoms with Crippen LogP contribution in [0.5, 0.6) is 0 Å². The van der Waals surface area contributed by atoms with Crippen LogP contribution in [0, 0.1) is 5.92 Å². The van der Waals surface area contributed by atoms with E-state index < -0.39 is 0 Å². The molecule has 1 rings (SSSR count). The lowest BCUT2D eigenvalue weighted by atomic mass is 9.87. The highest BCUT2D eigenvalue weighted by atomic mass is 32.2. The van der Waals surface area contributed by atoms with Crippen molar-refractivity contribution in [3.8, 4) is 0 Å². The molecule has 0 amide bonds. The Labute approximate surface area is 105 Å². The molecule has 0 radical (unpaired) electrons. The summed E-state index contributed by atoms with van der Waals surface area (Å²) < 4.78 is 0. The van der Waals surface area contributed by atoms with Crippen LogP contribution in [0.2, 0.25) is 0 Å². The summed E-state index contributed by atoms with van der Waals surface area (Å²) >= 11 is 2.06. The van der Waals surface area contributed by atoms with E-state index in [1.165, 1.54) is 25.7 Å². The minimum Gasteiger partial charge on any atom is -0.396 e. The Morgan fingerprint density at radius 1 is 1.38 bits per heavy atom. The second-order valence-electron chi connectivity index (χ2n) is 4.97. The van der Waals surface area contributed by atoms with Gasteiger partial charge in [0.2, 0.25) is 0 Å². The van der Waals surface area contributed by atoms with Crippen molar-refractivity contribution in [3.05, 3.63) is 0 Å². The van der Waals surface area contributed by atoms with Gasteiger partial charge in [0, 0.05) is 17.9 Å². The number of hydrogen-bond donors (Lipinski definition) is 2. The summed E-state index contributed by atoms with van der Waals surface area (Å²) in [6.07, 6.45) is 6.21. The number of nitrogens with one attached hydrogen (secondary N) is 1. The van der Waals surface area contributed by atoms with Gasteiger partial charge in [-0.15, -0.1) is 0 Å². The SMILES string of the molecule is CCCNC1CCC(C)CC1SCCCO. The maximum atomic E-state index is 8.83. The van der Waals surface area contributed by atoms with Crippen molar-refractivity contribution in [1.82, 2.24) is 5.32 Å². The average Bonchev–Trinajstić information content (AvgIpc) is 2.28. The molecule has 96 valence electrons. The second-order valence-corrected chi connectivity index (χ2v) is 6.31. The van der Waals surface area contributed by atoms with Gasteiger partial charge in [0.25, 0.3) is 0 Å². The first kappa shape index (κ1) is 14.3. The number of rotatable bonds is 7. The molecule has 0 bridgehead atoms. The average molecular weight is 245 g/mol. The Morgan fingerprint density at radius 2 is 2.19 bits per heavy atom. The highest BCUT2D eigenvalue weighted by Gasteiger charge is 2.27. The van der Waals surface area contributed by atoms with Crippen molar-refractivity contribution in [3.63, 3.8) is 0 Å². The van der Waals surface area contributed by atoms with Crippen LogP contribution in [-0.2, 0) is 0 Å². The molecule has 3 unspecified atom stereocenters. The van der Waals surface area contributed by atoms with Gasteiger partial charge in [-0.05, 0) is 50.3 Å². The maximum Gasteiger partial charge on any atom is 0.0438 e. The second kappa shape index (κ2) is 8.37. The molecule has 0 aliphatic heterocycles. The van der Waals surface area contributed by atoms with Gasteiger partial charge in [0.05, 0.1) is 0 Å². The van der Waals surface area contributed by atoms with E-state index >= 15 is 0 Å². The zero-order valence-corrected chi connectivity index (χ0v) is 11.6. The molecule has 3 heteroatoms. The minimum atomic E-state index is 0.336. The first-order valence-corrected chi connectivity index (χ1v) is 7.78. The Morgan fingerprint density at radius 3 is 2.88 bits per heavy atom. The summed E-state index contributed by atoms with van der Waals surface area (Å²) in [6, 6.07) is 0.708. The molecule has 1 aliphatic carbocycles. The molecule has 1 saturated carbocycles. The molecule has 0 aromatic heterocycles. The van der Waals surface area contributed by atoms with E-state index in [4.69, 9.17) is 5.11 Å². The van der Waals surface area contributed by atoms with Crippen molar-refractivity contribution in [2.75, 3.05) is 18.9 Å². The third kappa shape index (κ3) is 5.07. The van der Waals surface area contributed by atoms with E-state index in [0.29, 0.717) is 12.6 Å². The van der Waals surface area contributed by atoms with Gasteiger partial charge in [0.1, 0.15) is 0 Å². The molecule has 3 atom stereocenters. The van der Waals surface area contributed by atoms with E-state index in [1.807, 2.05) is 0 Å². The predicted molar refractivity (Wildman–Crippen MR) is 73.0 cm³/mol. The molecule has 0 aromatic carbocycles. The van der Waals surface area contributed by atoms with Crippen molar-refractivity contribution in [1.29, 1.82) is 0 Å². The molecule has 2 N–H and O–H groups in total. The highest BCUT2D eigenvalue weighted by Crippen LogP contribution is 2.32. The number of aliphatic hydroxyl groups is 1. The van der Waals surface area contributed by atoms with Crippen molar-refractivity contribution >= 4 is 11.8 Å². The van der Waals surface area contributed by atoms with Crippen LogP contribution in [0.1, 0.15) is 46.0 Å². The van der Waals surface area contributed by atoms with Crippen LogP contribution in [-0.4, -0.2) is 35.3 Å². The molecule has 2 nitrogen and oxygen atoms in total. The molecule has 1 fully saturated rings. The first-order chi connectivity index (χ1) is 7.77. The Kier molecular flexibility index (Phi) is 7.50. The third-order valence-corrected chi connectivity index (χ3v) is 4.82. The zero-order chi connectivity index (χ0) is 11.8. The van der Waals surface area contributed by atoms with Gasteiger partial charge < -0.3 is 10.4 Å². The number of aliphatic hydroxyl groups excluding tert-OH is 1. The lowest BCUT2D eigenvalue weighted by Gasteiger charge is -2.35. The van der Waals surface area contributed by atoms with E-state index in [-0.39, 0.29) is 0 Å². The lowest BCUT2D eigenvalue weighted by molar-refractivity contribution is 0.295. The van der Waals surface area contributed by atoms with Crippen molar-refractivity contribution < 1.29 is 5.11 Å². The Hall–Kier alpha value is 0.270. The lowest BCUT2D eigenvalue weighted by Crippen LogP contribution is -2.42. The maximum absolute atomic E-state index is 8.83. The van der Waals surface area contributed by atoms with E-state index in [2.05, 4.69) is 30.9 Å². The molecule has 0 aromatic rings. The number of thioether (sulfide) groups is 1. The van der Waals surface area contributed by atoms with Crippen LogP contribution in [0.4, 0.5) is 0 Å². The van der Waals surface area contributed by atoms with E-state index in [9.17, 15) is 0 Å². The summed E-state index contributed by atoms with van der Waals surface area (Å²) in [4.78, 5) is 0. The molecular weight excluding hydrogens is 218 g/mol. The summed E-state index contributed by atoms with van der Waals surface area (Å²) in [6.45, 7) is 6.08. The predicted octanol–water partition coefficient (Wildman–Crippen LogP) is 2.66. The van der Waals surface area contributed by atoms with Gasteiger partial charge >= 0.3 is 0 Å². The van der Waals surface area contributed by atoms with Gasteiger partial charge in [0.15, 0.2) is 0 Å². The third-order valence-electron chi connectivity index (χ3n) is 3.34. The number of hydrogen-bond acceptors (Lipinski definition) is 3. The van der Waals surface area contributed by atoms with Gasteiger partial charge in [-0.1, -0.05) is 13.8 Å². The van der Waals surface area contributed by atoms with Crippen LogP contribution < -0.4 is 5.32 Å².